The second-order valence-corrected chi connectivity index (χ2v) is 9.33. The average molecular weight is 397 g/mol. The van der Waals surface area contributed by atoms with E-state index in [1.54, 1.807) is 13.1 Å². The molecule has 1 saturated carbocycles. The van der Waals surface area contributed by atoms with Gasteiger partial charge in [0.05, 0.1) is 5.57 Å². The maximum absolute atomic E-state index is 12.5. The van der Waals surface area contributed by atoms with Gasteiger partial charge < -0.3 is 20.6 Å². The Balaban J connectivity index is 1.94. The molecule has 1 aromatic rings. The summed E-state index contributed by atoms with van der Waals surface area (Å²) in [4.78, 5) is 12.5. The Labute approximate surface area is 173 Å². The highest BCUT2D eigenvalue weighted by Gasteiger charge is 2.45. The number of hydrogen-bond donors (Lipinski definition) is 3. The number of phenols is 1. The number of carbonyl (C=O) groups is 1. The molecule has 156 valence electrons. The molecule has 2 unspecified atom stereocenters. The van der Waals surface area contributed by atoms with E-state index in [0.717, 1.165) is 55.4 Å². The fourth-order valence-corrected chi connectivity index (χ4v) is 5.37. The van der Waals surface area contributed by atoms with Gasteiger partial charge in [0, 0.05) is 35.0 Å². The Bertz CT molecular complexity index is 913. The van der Waals surface area contributed by atoms with Gasteiger partial charge in [0.2, 0.25) is 0 Å². The zero-order valence-corrected chi connectivity index (χ0v) is 17.9. The van der Waals surface area contributed by atoms with Gasteiger partial charge in [0.15, 0.2) is 0 Å². The van der Waals surface area contributed by atoms with Gasteiger partial charge in [-0.1, -0.05) is 13.3 Å². The number of amides is 1. The number of rotatable bonds is 5. The van der Waals surface area contributed by atoms with Crippen LogP contribution in [0.2, 0.25) is 0 Å². The van der Waals surface area contributed by atoms with Crippen molar-refractivity contribution in [1.82, 2.24) is 5.32 Å². The van der Waals surface area contributed by atoms with Crippen molar-refractivity contribution < 1.29 is 14.6 Å². The summed E-state index contributed by atoms with van der Waals surface area (Å²) in [5.74, 6) is 1.81. The van der Waals surface area contributed by atoms with Crippen molar-refractivity contribution in [3.63, 3.8) is 0 Å². The molecule has 2 aliphatic carbocycles. The molecule has 0 aromatic heterocycles. The first-order valence-corrected chi connectivity index (χ1v) is 10.9. The third-order valence-corrected chi connectivity index (χ3v) is 6.83. The van der Waals surface area contributed by atoms with Crippen LogP contribution in [0, 0.1) is 5.41 Å². The summed E-state index contributed by atoms with van der Waals surface area (Å²) < 4.78 is 6.49. The maximum Gasteiger partial charge on any atom is 0.252 e. The molecule has 1 fully saturated rings. The third-order valence-electron chi connectivity index (χ3n) is 6.83. The Hall–Kier alpha value is -2.30. The van der Waals surface area contributed by atoms with Gasteiger partial charge in [-0.05, 0) is 70.3 Å². The van der Waals surface area contributed by atoms with Crippen molar-refractivity contribution in [2.24, 2.45) is 0 Å². The topological polar surface area (TPSA) is 82.4 Å². The van der Waals surface area contributed by atoms with Crippen molar-refractivity contribution in [1.29, 1.82) is 5.41 Å². The summed E-state index contributed by atoms with van der Waals surface area (Å²) in [6.07, 6.45) is 8.06. The summed E-state index contributed by atoms with van der Waals surface area (Å²) in [5.41, 5.74) is 4.32. The van der Waals surface area contributed by atoms with Gasteiger partial charge >= 0.3 is 0 Å². The second-order valence-electron chi connectivity index (χ2n) is 9.33. The first-order chi connectivity index (χ1) is 13.8. The van der Waals surface area contributed by atoms with Crippen LogP contribution >= 0.6 is 0 Å². The number of phenolic OH excluding ortho intramolecular Hbond substituents is 1. The molecule has 0 radical (unpaired) electrons. The first kappa shape index (κ1) is 20.0. The quantitative estimate of drug-likeness (QED) is 0.493. The van der Waals surface area contributed by atoms with Crippen LogP contribution in [0.3, 0.4) is 0 Å². The lowest BCUT2D eigenvalue weighted by Gasteiger charge is -2.37. The molecule has 29 heavy (non-hydrogen) atoms. The Kier molecular flexibility index (Phi) is 4.96. The first-order valence-electron chi connectivity index (χ1n) is 10.9. The van der Waals surface area contributed by atoms with Crippen LogP contribution in [0.25, 0.3) is 6.08 Å². The molecular weight excluding hydrogens is 364 g/mol. The molecule has 5 heteroatoms. The molecule has 1 heterocycles. The molecule has 3 aliphatic rings. The van der Waals surface area contributed by atoms with Gasteiger partial charge in [0.25, 0.3) is 5.91 Å². The van der Waals surface area contributed by atoms with E-state index in [2.05, 4.69) is 19.2 Å². The zero-order valence-electron chi connectivity index (χ0n) is 17.9. The van der Waals surface area contributed by atoms with Crippen LogP contribution in [-0.4, -0.2) is 29.4 Å². The van der Waals surface area contributed by atoms with E-state index in [0.29, 0.717) is 40.9 Å². The van der Waals surface area contributed by atoms with E-state index in [9.17, 15) is 9.90 Å². The highest BCUT2D eigenvalue weighted by Crippen LogP contribution is 2.61. The number of hydrogen-bond acceptors (Lipinski definition) is 4. The minimum atomic E-state index is -0.282. The molecule has 4 rings (SSSR count). The summed E-state index contributed by atoms with van der Waals surface area (Å²) in [5, 5.41) is 22.4. The number of ether oxygens (including phenoxy) is 1. The molecule has 0 spiro atoms. The smallest absolute Gasteiger partial charge is 0.252 e. The molecule has 2 bridgehead atoms. The SMILES string of the molecule is CCCC(=N)C(=Cc1c(O)c2c(c3c1CCC(C)(C)O3)C1CCC2C1)C(=O)NC. The number of carbonyl (C=O) groups excluding carboxylic acids is 1. The molecule has 2 atom stereocenters. The fraction of sp³-hybridized carbons (Fsp3) is 0.583. The summed E-state index contributed by atoms with van der Waals surface area (Å²) in [7, 11) is 1.58. The van der Waals surface area contributed by atoms with Crippen molar-refractivity contribution in [3.8, 4) is 11.5 Å². The van der Waals surface area contributed by atoms with Crippen LogP contribution < -0.4 is 10.1 Å². The lowest BCUT2D eigenvalue weighted by molar-refractivity contribution is -0.116. The van der Waals surface area contributed by atoms with E-state index in [4.69, 9.17) is 10.1 Å². The monoisotopic (exact) mass is 396 g/mol. The van der Waals surface area contributed by atoms with Crippen LogP contribution in [0.1, 0.15) is 93.4 Å². The van der Waals surface area contributed by atoms with E-state index in [-0.39, 0.29) is 11.5 Å². The Morgan fingerprint density at radius 3 is 2.66 bits per heavy atom. The van der Waals surface area contributed by atoms with Crippen LogP contribution in [0.5, 0.6) is 11.5 Å². The van der Waals surface area contributed by atoms with Gasteiger partial charge in [0.1, 0.15) is 17.1 Å². The summed E-state index contributed by atoms with van der Waals surface area (Å²) in [6, 6.07) is 0. The van der Waals surface area contributed by atoms with Crippen molar-refractivity contribution >= 4 is 17.7 Å². The summed E-state index contributed by atoms with van der Waals surface area (Å²) in [6.45, 7) is 6.23. The molecule has 3 N–H and O–H groups in total. The van der Waals surface area contributed by atoms with E-state index in [1.165, 1.54) is 5.56 Å². The van der Waals surface area contributed by atoms with Crippen molar-refractivity contribution in [3.05, 3.63) is 27.8 Å². The molecule has 0 saturated heterocycles. The third kappa shape index (κ3) is 3.24. The standard InChI is InChI=1S/C24H32N2O3/c1-5-6-18(25)17(23(28)26-4)12-16-15-9-10-24(2,3)29-22(15)20-14-8-7-13(11-14)19(20)21(16)27/h12-14,25,27H,5-11H2,1-4H3,(H,26,28). The fourth-order valence-electron chi connectivity index (χ4n) is 5.37. The van der Waals surface area contributed by atoms with E-state index < -0.39 is 0 Å². The predicted octanol–water partition coefficient (Wildman–Crippen LogP) is 4.81. The minimum Gasteiger partial charge on any atom is -0.507 e. The highest BCUT2D eigenvalue weighted by atomic mass is 16.5. The normalized spacial score (nSPS) is 23.9. The van der Waals surface area contributed by atoms with Gasteiger partial charge in [-0.15, -0.1) is 0 Å². The number of likely N-dealkylation sites (N-methyl/N-ethyl adjacent to an activating group) is 1. The lowest BCUT2D eigenvalue weighted by Crippen LogP contribution is -2.34. The highest BCUT2D eigenvalue weighted by molar-refractivity contribution is 6.23. The van der Waals surface area contributed by atoms with Crippen LogP contribution in [-0.2, 0) is 11.2 Å². The molecular formula is C24H32N2O3. The average Bonchev–Trinajstić information content (AvgIpc) is 3.29. The molecule has 1 aliphatic heterocycles. The van der Waals surface area contributed by atoms with Crippen molar-refractivity contribution in [2.45, 2.75) is 83.2 Å². The van der Waals surface area contributed by atoms with Crippen molar-refractivity contribution in [2.75, 3.05) is 7.05 Å². The second kappa shape index (κ2) is 7.19. The predicted molar refractivity (Wildman–Crippen MR) is 115 cm³/mol. The molecule has 5 nitrogen and oxygen atoms in total. The number of benzene rings is 1. The minimum absolute atomic E-state index is 0.237. The van der Waals surface area contributed by atoms with Crippen LogP contribution in [0.4, 0.5) is 0 Å². The van der Waals surface area contributed by atoms with E-state index in [1.807, 2.05) is 6.92 Å². The summed E-state index contributed by atoms with van der Waals surface area (Å²) >= 11 is 0. The molecule has 1 amide bonds. The lowest BCUT2D eigenvalue weighted by atomic mass is 9.81. The van der Waals surface area contributed by atoms with E-state index >= 15 is 0 Å². The number of nitrogens with one attached hydrogen (secondary N) is 2. The number of aromatic hydroxyl groups is 1. The Morgan fingerprint density at radius 1 is 1.31 bits per heavy atom. The maximum atomic E-state index is 12.5. The Morgan fingerprint density at radius 2 is 2.00 bits per heavy atom. The number of fused-ring (bicyclic) bond motifs is 7. The van der Waals surface area contributed by atoms with Gasteiger partial charge in [-0.25, -0.2) is 0 Å². The van der Waals surface area contributed by atoms with Gasteiger partial charge in [-0.2, -0.15) is 0 Å². The largest absolute Gasteiger partial charge is 0.507 e. The zero-order chi connectivity index (χ0) is 20.9. The molecule has 1 aromatic carbocycles. The van der Waals surface area contributed by atoms with Crippen LogP contribution in [0.15, 0.2) is 5.57 Å². The van der Waals surface area contributed by atoms with Gasteiger partial charge in [-0.3, -0.25) is 4.79 Å².